The second-order valence-corrected chi connectivity index (χ2v) is 14.5. The maximum atomic E-state index is 12.8. The summed E-state index contributed by atoms with van der Waals surface area (Å²) in [6.07, 6.45) is 2.94. The number of ether oxygens (including phenoxy) is 1. The van der Waals surface area contributed by atoms with E-state index in [1.807, 2.05) is 48.5 Å². The van der Waals surface area contributed by atoms with Gasteiger partial charge in [-0.05, 0) is 48.5 Å². The Balaban J connectivity index is 1.08. The van der Waals surface area contributed by atoms with Crippen LogP contribution in [0.3, 0.4) is 0 Å². The largest absolute Gasteiger partial charge is 0.378 e. The van der Waals surface area contributed by atoms with Crippen molar-refractivity contribution in [2.24, 2.45) is 0 Å². The number of hydrogen-bond donors (Lipinski definition) is 3. The van der Waals surface area contributed by atoms with Crippen LogP contribution in [0.15, 0.2) is 60.8 Å². The zero-order valence-electron chi connectivity index (χ0n) is 25.7. The van der Waals surface area contributed by atoms with Crippen LogP contribution in [0.5, 0.6) is 0 Å². The van der Waals surface area contributed by atoms with Crippen molar-refractivity contribution in [2.75, 3.05) is 74.3 Å². The highest BCUT2D eigenvalue weighted by molar-refractivity contribution is 7.88. The summed E-state index contributed by atoms with van der Waals surface area (Å²) in [4.78, 5) is 33.8. The highest BCUT2D eigenvalue weighted by atomic mass is 32.2. The van der Waals surface area contributed by atoms with E-state index in [4.69, 9.17) is 19.7 Å². The summed E-state index contributed by atoms with van der Waals surface area (Å²) in [5, 5.41) is 13.5. The second-order valence-electron chi connectivity index (χ2n) is 11.4. The third-order valence-electron chi connectivity index (χ3n) is 8.11. The van der Waals surface area contributed by atoms with Gasteiger partial charge in [-0.15, -0.1) is 11.3 Å². The van der Waals surface area contributed by atoms with E-state index < -0.39 is 10.0 Å². The monoisotopic (exact) mass is 674 g/mol. The molecule has 0 aliphatic carbocycles. The van der Waals surface area contributed by atoms with Gasteiger partial charge >= 0.3 is 6.03 Å². The molecular formula is C31H34N10O4S2. The molecule has 5 aromatic rings. The van der Waals surface area contributed by atoms with E-state index in [0.29, 0.717) is 81.5 Å². The van der Waals surface area contributed by atoms with Gasteiger partial charge in [-0.1, -0.05) is 6.07 Å². The summed E-state index contributed by atoms with van der Waals surface area (Å²) in [7, 11) is -3.17. The number of thiophene rings is 1. The number of anilines is 3. The number of aromatic amines is 1. The summed E-state index contributed by atoms with van der Waals surface area (Å²) in [5.74, 6) is 1.71. The smallest absolute Gasteiger partial charge is 0.323 e. The minimum atomic E-state index is -3.17. The number of fused-ring (bicyclic) bond motifs is 1. The van der Waals surface area contributed by atoms with Crippen molar-refractivity contribution in [2.45, 2.75) is 6.54 Å². The molecule has 0 atom stereocenters. The molecule has 47 heavy (non-hydrogen) atoms. The maximum Gasteiger partial charge on any atom is 0.323 e. The normalized spacial score (nSPS) is 16.4. The van der Waals surface area contributed by atoms with Gasteiger partial charge in [0.15, 0.2) is 11.6 Å². The van der Waals surface area contributed by atoms with Gasteiger partial charge in [0.2, 0.25) is 16.0 Å². The Morgan fingerprint density at radius 1 is 0.915 bits per heavy atom. The predicted octanol–water partition coefficient (Wildman–Crippen LogP) is 3.70. The lowest BCUT2D eigenvalue weighted by Gasteiger charge is -2.32. The number of hydrogen-bond acceptors (Lipinski definition) is 11. The van der Waals surface area contributed by atoms with Gasteiger partial charge in [0.25, 0.3) is 0 Å². The first-order chi connectivity index (χ1) is 22.8. The molecule has 3 N–H and O–H groups in total. The molecule has 2 aliphatic heterocycles. The first-order valence-electron chi connectivity index (χ1n) is 15.2. The van der Waals surface area contributed by atoms with E-state index in [1.54, 1.807) is 17.5 Å². The number of aromatic nitrogens is 5. The SMILES string of the molecule is CS(=O)(=O)N1CCN(Cc2ccc(-c3nc(-c4ccc(NC(=O)Nc5cccc6[nH]ncc56)cc4)nc(N4CCOCC4)n3)s2)CC1. The molecule has 2 amide bonds. The van der Waals surface area contributed by atoms with E-state index in [1.165, 1.54) is 10.6 Å². The van der Waals surface area contributed by atoms with Crippen LogP contribution in [0.4, 0.5) is 22.1 Å². The van der Waals surface area contributed by atoms with Crippen LogP contribution in [0.2, 0.25) is 0 Å². The number of carbonyl (C=O) groups excluding carboxylic acids is 1. The van der Waals surface area contributed by atoms with Gasteiger partial charge in [-0.25, -0.2) is 18.2 Å². The van der Waals surface area contributed by atoms with Crippen molar-refractivity contribution in [1.82, 2.24) is 34.4 Å². The van der Waals surface area contributed by atoms with Crippen LogP contribution >= 0.6 is 11.3 Å². The fourth-order valence-electron chi connectivity index (χ4n) is 5.60. The quantitative estimate of drug-likeness (QED) is 0.221. The number of piperazine rings is 1. The summed E-state index contributed by atoms with van der Waals surface area (Å²) in [6.45, 7) is 5.66. The molecular weight excluding hydrogens is 641 g/mol. The Morgan fingerprint density at radius 2 is 1.68 bits per heavy atom. The van der Waals surface area contributed by atoms with Crippen LogP contribution in [0.25, 0.3) is 33.0 Å². The van der Waals surface area contributed by atoms with Gasteiger partial charge < -0.3 is 20.3 Å². The Kier molecular flexibility index (Phi) is 8.83. The Hall–Kier alpha value is -4.48. The number of H-pyrrole nitrogens is 1. The highest BCUT2D eigenvalue weighted by Gasteiger charge is 2.24. The zero-order valence-corrected chi connectivity index (χ0v) is 27.4. The third-order valence-corrected chi connectivity index (χ3v) is 10.5. The lowest BCUT2D eigenvalue weighted by Crippen LogP contribution is -2.47. The van der Waals surface area contributed by atoms with Crippen molar-refractivity contribution in [3.05, 3.63) is 65.7 Å². The van der Waals surface area contributed by atoms with Crippen molar-refractivity contribution >= 4 is 55.6 Å². The molecule has 14 nitrogen and oxygen atoms in total. The minimum absolute atomic E-state index is 0.366. The maximum absolute atomic E-state index is 12.8. The number of nitrogens with one attached hydrogen (secondary N) is 3. The molecule has 0 radical (unpaired) electrons. The Morgan fingerprint density at radius 3 is 2.45 bits per heavy atom. The van der Waals surface area contributed by atoms with Gasteiger partial charge in [0, 0.05) is 67.3 Å². The molecule has 3 aromatic heterocycles. The van der Waals surface area contributed by atoms with E-state index in [9.17, 15) is 13.2 Å². The third kappa shape index (κ3) is 7.26. The lowest BCUT2D eigenvalue weighted by atomic mass is 10.2. The number of urea groups is 1. The summed E-state index contributed by atoms with van der Waals surface area (Å²) in [6, 6.07) is 16.7. The van der Waals surface area contributed by atoms with Crippen LogP contribution < -0.4 is 15.5 Å². The number of sulfonamides is 1. The molecule has 5 heterocycles. The van der Waals surface area contributed by atoms with E-state index >= 15 is 0 Å². The minimum Gasteiger partial charge on any atom is -0.378 e. The standard InChI is InChI=1S/C31H34N10O4S2/c1-47(43,44)41-13-11-39(12-14-41)20-23-9-10-27(46-23)29-35-28(36-30(37-29)40-15-17-45-18-16-40)21-5-7-22(8-6-21)33-31(42)34-25-3-2-4-26-24(25)19-32-38-26/h2-10,19H,11-18,20H2,1H3,(H,32,38)(H2,33,34,42). The van der Waals surface area contributed by atoms with E-state index in [-0.39, 0.29) is 6.03 Å². The van der Waals surface area contributed by atoms with Crippen LogP contribution in [-0.4, -0.2) is 108 Å². The number of benzene rings is 2. The number of amides is 2. The van der Waals surface area contributed by atoms with Crippen LogP contribution in [-0.2, 0) is 21.3 Å². The van der Waals surface area contributed by atoms with Crippen molar-refractivity contribution in [1.29, 1.82) is 0 Å². The molecule has 16 heteroatoms. The fraction of sp³-hybridized carbons (Fsp3) is 0.323. The molecule has 7 rings (SSSR count). The Bertz CT molecular complexity index is 1980. The molecule has 2 aliphatic rings. The number of nitrogens with zero attached hydrogens (tertiary/aromatic N) is 7. The number of morpholine rings is 1. The Labute approximate surface area is 275 Å². The molecule has 2 fully saturated rings. The molecule has 0 unspecified atom stereocenters. The summed E-state index contributed by atoms with van der Waals surface area (Å²) >= 11 is 1.63. The molecule has 0 saturated carbocycles. The topological polar surface area (TPSA) is 162 Å². The predicted molar refractivity (Wildman–Crippen MR) is 182 cm³/mol. The summed E-state index contributed by atoms with van der Waals surface area (Å²) < 4.78 is 30.9. The van der Waals surface area contributed by atoms with Crippen LogP contribution in [0, 0.1) is 0 Å². The van der Waals surface area contributed by atoms with Gasteiger partial charge in [0.05, 0.1) is 41.7 Å². The first kappa shape index (κ1) is 31.1. The number of rotatable bonds is 8. The lowest BCUT2D eigenvalue weighted by molar-refractivity contribution is 0.122. The van der Waals surface area contributed by atoms with Crippen molar-refractivity contribution in [3.8, 4) is 22.1 Å². The van der Waals surface area contributed by atoms with E-state index in [2.05, 4.69) is 36.7 Å². The summed E-state index contributed by atoms with van der Waals surface area (Å²) in [5.41, 5.74) is 2.90. The van der Waals surface area contributed by atoms with Gasteiger partial charge in [-0.2, -0.15) is 19.4 Å². The van der Waals surface area contributed by atoms with Gasteiger partial charge in [-0.3, -0.25) is 10.00 Å². The average molecular weight is 675 g/mol. The van der Waals surface area contributed by atoms with Crippen molar-refractivity contribution < 1.29 is 17.9 Å². The molecule has 2 saturated heterocycles. The van der Waals surface area contributed by atoms with Crippen molar-refractivity contribution in [3.63, 3.8) is 0 Å². The first-order valence-corrected chi connectivity index (χ1v) is 17.9. The van der Waals surface area contributed by atoms with Crippen LogP contribution in [0.1, 0.15) is 4.88 Å². The average Bonchev–Trinajstić information content (AvgIpc) is 3.76. The molecule has 0 spiro atoms. The zero-order chi connectivity index (χ0) is 32.4. The molecule has 2 aromatic carbocycles. The molecule has 0 bridgehead atoms. The fourth-order valence-corrected chi connectivity index (χ4v) is 7.41. The molecule has 244 valence electrons. The number of carbonyl (C=O) groups is 1. The highest BCUT2D eigenvalue weighted by Crippen LogP contribution is 2.30. The van der Waals surface area contributed by atoms with E-state index in [0.717, 1.165) is 32.8 Å². The second kappa shape index (κ2) is 13.3. The van der Waals surface area contributed by atoms with Gasteiger partial charge in [0.1, 0.15) is 0 Å².